The molecule has 5 rings (SSSR count). The number of hydrogen-bond donors (Lipinski definition) is 0. The van der Waals surface area contributed by atoms with Crippen molar-refractivity contribution in [3.63, 3.8) is 0 Å². The number of carbonyl (C=O) groups excluding carboxylic acids is 2. The van der Waals surface area contributed by atoms with Crippen LogP contribution >= 0.6 is 11.3 Å². The van der Waals surface area contributed by atoms with Crippen LogP contribution in [0.25, 0.3) is 11.8 Å². The third-order valence-electron chi connectivity index (χ3n) is 6.78. The Kier molecular flexibility index (Phi) is 9.89. The summed E-state index contributed by atoms with van der Waals surface area (Å²) in [6.07, 6.45) is 1.69. The lowest BCUT2D eigenvalue weighted by atomic mass is 9.93. The lowest BCUT2D eigenvalue weighted by Gasteiger charge is -2.25. The summed E-state index contributed by atoms with van der Waals surface area (Å²) in [6, 6.07) is 19.0. The summed E-state index contributed by atoms with van der Waals surface area (Å²) in [6.45, 7) is 5.66. The predicted octanol–water partition coefficient (Wildman–Crippen LogP) is 4.42. The molecule has 0 radical (unpaired) electrons. The molecular weight excluding hydrogens is 599 g/mol. The lowest BCUT2D eigenvalue weighted by molar-refractivity contribution is -0.145. The van der Waals surface area contributed by atoms with Crippen LogP contribution in [0.3, 0.4) is 0 Å². The van der Waals surface area contributed by atoms with E-state index < -0.39 is 23.8 Å². The molecule has 1 aromatic heterocycles. The van der Waals surface area contributed by atoms with Crippen molar-refractivity contribution in [3.8, 4) is 11.5 Å². The fraction of sp³-hybridized carbons (Fsp3) is 0.235. The molecule has 1 aliphatic heterocycles. The van der Waals surface area contributed by atoms with Gasteiger partial charge in [0.05, 0.1) is 41.7 Å². The van der Waals surface area contributed by atoms with Crippen molar-refractivity contribution in [3.05, 3.63) is 121 Å². The van der Waals surface area contributed by atoms with Gasteiger partial charge in [0.15, 0.2) is 22.9 Å². The number of aromatic nitrogens is 1. The second-order valence-corrected chi connectivity index (χ2v) is 10.7. The third kappa shape index (κ3) is 6.88. The highest BCUT2D eigenvalue weighted by molar-refractivity contribution is 7.07. The van der Waals surface area contributed by atoms with E-state index in [-0.39, 0.29) is 31.0 Å². The molecule has 45 heavy (non-hydrogen) atoms. The number of carbonyl (C=O) groups is 2. The van der Waals surface area contributed by atoms with Crippen LogP contribution in [0, 0.1) is 5.82 Å². The molecule has 1 aliphatic rings. The highest BCUT2D eigenvalue weighted by Crippen LogP contribution is 2.35. The molecule has 0 N–H and O–H groups in total. The van der Waals surface area contributed by atoms with Gasteiger partial charge in [-0.05, 0) is 62.2 Å². The van der Waals surface area contributed by atoms with Gasteiger partial charge in [-0.15, -0.1) is 0 Å². The van der Waals surface area contributed by atoms with Gasteiger partial charge < -0.3 is 18.9 Å². The Labute approximate surface area is 262 Å². The zero-order valence-corrected chi connectivity index (χ0v) is 25.8. The minimum atomic E-state index is -0.920. The smallest absolute Gasteiger partial charge is 0.344 e. The molecule has 0 amide bonds. The fourth-order valence-corrected chi connectivity index (χ4v) is 5.89. The molecule has 232 valence electrons. The number of thiazole rings is 1. The zero-order valence-electron chi connectivity index (χ0n) is 24.9. The minimum Gasteiger partial charge on any atom is -0.490 e. The van der Waals surface area contributed by atoms with E-state index in [1.807, 2.05) is 37.3 Å². The Morgan fingerprint density at radius 2 is 1.64 bits per heavy atom. The number of fused-ring (bicyclic) bond motifs is 1. The standard InChI is InChI=1S/C34H31FN2O7S/c1-4-41-26-18-21(12-17-25(26)44-20-28(38)42-5-2)19-27-32(39)37-31(23-13-15-24(35)16-14-23)29(33(40)43-6-3)30(36-34(37)45-27)22-10-8-7-9-11-22/h7-19,31H,4-6,20H2,1-3H3. The van der Waals surface area contributed by atoms with E-state index in [9.17, 15) is 18.8 Å². The first-order chi connectivity index (χ1) is 21.8. The number of ether oxygens (including phenoxy) is 4. The van der Waals surface area contributed by atoms with Crippen molar-refractivity contribution < 1.29 is 32.9 Å². The number of benzene rings is 3. The van der Waals surface area contributed by atoms with Gasteiger partial charge in [0.1, 0.15) is 5.82 Å². The van der Waals surface area contributed by atoms with Gasteiger partial charge >= 0.3 is 11.9 Å². The van der Waals surface area contributed by atoms with Crippen LogP contribution in [0.15, 0.2) is 88.2 Å². The molecule has 0 aliphatic carbocycles. The molecule has 1 unspecified atom stereocenters. The summed E-state index contributed by atoms with van der Waals surface area (Å²) >= 11 is 1.16. The van der Waals surface area contributed by atoms with E-state index in [1.165, 1.54) is 16.7 Å². The van der Waals surface area contributed by atoms with Gasteiger partial charge in [-0.3, -0.25) is 9.36 Å². The van der Waals surface area contributed by atoms with E-state index in [4.69, 9.17) is 23.9 Å². The Morgan fingerprint density at radius 1 is 0.911 bits per heavy atom. The predicted molar refractivity (Wildman–Crippen MR) is 167 cm³/mol. The molecule has 0 saturated carbocycles. The first-order valence-electron chi connectivity index (χ1n) is 14.4. The lowest BCUT2D eigenvalue weighted by Crippen LogP contribution is -2.40. The summed E-state index contributed by atoms with van der Waals surface area (Å²) in [7, 11) is 0. The van der Waals surface area contributed by atoms with Gasteiger partial charge in [0.25, 0.3) is 5.56 Å². The SMILES string of the molecule is CCOC(=O)COc1ccc(C=c2sc3n(c2=O)C(c2ccc(F)cc2)C(C(=O)OCC)=C(c2ccccc2)N=3)cc1OCC. The zero-order chi connectivity index (χ0) is 31.9. The minimum absolute atomic E-state index is 0.118. The highest BCUT2D eigenvalue weighted by Gasteiger charge is 2.35. The van der Waals surface area contributed by atoms with Crippen molar-refractivity contribution in [2.24, 2.45) is 4.99 Å². The van der Waals surface area contributed by atoms with Gasteiger partial charge in [0, 0.05) is 5.56 Å². The van der Waals surface area contributed by atoms with E-state index in [0.717, 1.165) is 11.3 Å². The molecule has 2 heterocycles. The second-order valence-electron chi connectivity index (χ2n) is 9.72. The number of rotatable bonds is 11. The van der Waals surface area contributed by atoms with E-state index in [2.05, 4.69) is 0 Å². The summed E-state index contributed by atoms with van der Waals surface area (Å²) < 4.78 is 37.5. The van der Waals surface area contributed by atoms with Crippen molar-refractivity contribution in [1.29, 1.82) is 0 Å². The van der Waals surface area contributed by atoms with Gasteiger partial charge in [0.2, 0.25) is 0 Å². The molecule has 9 nitrogen and oxygen atoms in total. The van der Waals surface area contributed by atoms with Crippen LogP contribution in [0.5, 0.6) is 11.5 Å². The molecule has 0 fully saturated rings. The van der Waals surface area contributed by atoms with Crippen LogP contribution in [-0.4, -0.2) is 42.9 Å². The van der Waals surface area contributed by atoms with E-state index in [0.29, 0.717) is 49.8 Å². The van der Waals surface area contributed by atoms with Crippen LogP contribution in [0.4, 0.5) is 4.39 Å². The molecule has 0 spiro atoms. The van der Waals surface area contributed by atoms with Gasteiger partial charge in [-0.2, -0.15) is 0 Å². The quantitative estimate of drug-likeness (QED) is 0.226. The van der Waals surface area contributed by atoms with Crippen LogP contribution in [0.2, 0.25) is 0 Å². The summed E-state index contributed by atoms with van der Waals surface area (Å²) in [5, 5.41) is 0. The molecule has 1 atom stereocenters. The average molecular weight is 631 g/mol. The number of hydrogen-bond acceptors (Lipinski definition) is 9. The molecule has 4 aromatic rings. The number of nitrogens with zero attached hydrogens (tertiary/aromatic N) is 2. The van der Waals surface area contributed by atoms with Crippen molar-refractivity contribution in [2.75, 3.05) is 26.4 Å². The van der Waals surface area contributed by atoms with Crippen molar-refractivity contribution >= 4 is 35.0 Å². The summed E-state index contributed by atoms with van der Waals surface area (Å²) in [5.74, 6) is -0.827. The largest absolute Gasteiger partial charge is 0.490 e. The number of esters is 2. The average Bonchev–Trinajstić information content (AvgIpc) is 3.35. The Balaban J connectivity index is 1.67. The van der Waals surface area contributed by atoms with Crippen LogP contribution < -0.4 is 24.4 Å². The highest BCUT2D eigenvalue weighted by atomic mass is 32.1. The third-order valence-corrected chi connectivity index (χ3v) is 7.76. The fourth-order valence-electron chi connectivity index (χ4n) is 4.89. The molecule has 0 saturated heterocycles. The molecular formula is C34H31FN2O7S. The first-order valence-corrected chi connectivity index (χ1v) is 15.2. The Hall–Kier alpha value is -5.03. The topological polar surface area (TPSA) is 105 Å². The second kappa shape index (κ2) is 14.2. The maximum absolute atomic E-state index is 14.1. The maximum atomic E-state index is 14.1. The normalized spacial score (nSPS) is 14.4. The summed E-state index contributed by atoms with van der Waals surface area (Å²) in [5.41, 5.74) is 2.00. The monoisotopic (exact) mass is 630 g/mol. The van der Waals surface area contributed by atoms with Crippen LogP contribution in [-0.2, 0) is 19.1 Å². The van der Waals surface area contributed by atoms with E-state index in [1.54, 1.807) is 50.3 Å². The van der Waals surface area contributed by atoms with Gasteiger partial charge in [-0.25, -0.2) is 19.0 Å². The number of halogens is 1. The Bertz CT molecular complexity index is 1910. The van der Waals surface area contributed by atoms with Crippen LogP contribution in [0.1, 0.15) is 43.5 Å². The van der Waals surface area contributed by atoms with Crippen molar-refractivity contribution in [2.45, 2.75) is 26.8 Å². The van der Waals surface area contributed by atoms with E-state index >= 15 is 0 Å². The Morgan fingerprint density at radius 3 is 2.33 bits per heavy atom. The molecule has 11 heteroatoms. The van der Waals surface area contributed by atoms with Crippen molar-refractivity contribution in [1.82, 2.24) is 4.57 Å². The van der Waals surface area contributed by atoms with Gasteiger partial charge in [-0.1, -0.05) is 59.9 Å². The molecule has 0 bridgehead atoms. The first kappa shape index (κ1) is 31.4. The molecule has 3 aromatic carbocycles. The maximum Gasteiger partial charge on any atom is 0.344 e. The summed E-state index contributed by atoms with van der Waals surface area (Å²) in [4.78, 5) is 44.6.